The molecular weight excluding hydrogens is 350 g/mol. The van der Waals surface area contributed by atoms with Crippen LogP contribution in [0.4, 0.5) is 0 Å². The first-order valence-electron chi connectivity index (χ1n) is 8.99. The summed E-state index contributed by atoms with van der Waals surface area (Å²) >= 11 is 0. The van der Waals surface area contributed by atoms with Crippen molar-refractivity contribution in [3.8, 4) is 12.1 Å². The highest BCUT2D eigenvalue weighted by atomic mass is 16.5. The minimum atomic E-state index is -0.362. The van der Waals surface area contributed by atoms with E-state index in [1.165, 1.54) is 0 Å². The zero-order valence-electron chi connectivity index (χ0n) is 15.5. The molecule has 138 valence electrons. The summed E-state index contributed by atoms with van der Waals surface area (Å²) in [6.07, 6.45) is 2.87. The predicted octanol–water partition coefficient (Wildman–Crippen LogP) is 4.12. The monoisotopic (exact) mass is 369 g/mol. The third-order valence-corrected chi connectivity index (χ3v) is 4.44. The predicted molar refractivity (Wildman–Crippen MR) is 105 cm³/mol. The average molecular weight is 369 g/mol. The molecule has 0 aliphatic carbocycles. The molecule has 0 radical (unpaired) electrons. The van der Waals surface area contributed by atoms with Crippen molar-refractivity contribution in [3.63, 3.8) is 0 Å². The molecule has 0 unspecified atom stereocenters. The normalized spacial score (nSPS) is 10.1. The second kappa shape index (κ2) is 8.70. The molecule has 0 aliphatic heterocycles. The fourth-order valence-electron chi connectivity index (χ4n) is 3.12. The molecule has 0 saturated carbocycles. The number of nitrogens with one attached hydrogen (secondary N) is 1. The first-order valence-corrected chi connectivity index (χ1v) is 8.99. The van der Waals surface area contributed by atoms with Crippen LogP contribution in [0, 0.1) is 22.7 Å². The number of carbonyl (C=O) groups excluding carboxylic acids is 1. The SMILES string of the molecule is CCOC(=O)c1c(Cc2ccc(C#N)cc2)c[nH]c1Cc1cccc(C#N)c1. The molecule has 0 atom stereocenters. The molecule has 0 amide bonds. The second-order valence-corrected chi connectivity index (χ2v) is 6.36. The molecule has 1 aromatic heterocycles. The van der Waals surface area contributed by atoms with Gasteiger partial charge >= 0.3 is 5.97 Å². The van der Waals surface area contributed by atoms with Gasteiger partial charge in [-0.15, -0.1) is 0 Å². The Labute approximate surface area is 163 Å². The summed E-state index contributed by atoms with van der Waals surface area (Å²) in [4.78, 5) is 15.8. The number of aromatic nitrogens is 1. The van der Waals surface area contributed by atoms with Gasteiger partial charge in [0.05, 0.1) is 35.4 Å². The molecule has 0 aliphatic rings. The van der Waals surface area contributed by atoms with E-state index in [0.29, 0.717) is 36.1 Å². The van der Waals surface area contributed by atoms with E-state index in [4.69, 9.17) is 15.3 Å². The summed E-state index contributed by atoms with van der Waals surface area (Å²) in [5.74, 6) is -0.362. The van der Waals surface area contributed by atoms with E-state index in [1.807, 2.05) is 36.5 Å². The Kier molecular flexibility index (Phi) is 5.89. The summed E-state index contributed by atoms with van der Waals surface area (Å²) in [6, 6.07) is 18.9. The minimum Gasteiger partial charge on any atom is -0.462 e. The minimum absolute atomic E-state index is 0.295. The largest absolute Gasteiger partial charge is 0.462 e. The molecule has 1 N–H and O–H groups in total. The highest BCUT2D eigenvalue weighted by Crippen LogP contribution is 2.22. The van der Waals surface area contributed by atoms with Crippen LogP contribution in [-0.4, -0.2) is 17.6 Å². The van der Waals surface area contributed by atoms with Gasteiger partial charge in [-0.2, -0.15) is 10.5 Å². The van der Waals surface area contributed by atoms with E-state index in [2.05, 4.69) is 17.1 Å². The number of benzene rings is 2. The highest BCUT2D eigenvalue weighted by Gasteiger charge is 2.20. The van der Waals surface area contributed by atoms with E-state index >= 15 is 0 Å². The Bertz CT molecular complexity index is 1070. The molecule has 1 heterocycles. The summed E-state index contributed by atoms with van der Waals surface area (Å²) in [6.45, 7) is 2.07. The topological polar surface area (TPSA) is 89.7 Å². The number of H-pyrrole nitrogens is 1. The molecule has 5 heteroatoms. The van der Waals surface area contributed by atoms with Crippen molar-refractivity contribution in [1.29, 1.82) is 10.5 Å². The van der Waals surface area contributed by atoms with E-state index in [0.717, 1.165) is 22.4 Å². The summed E-state index contributed by atoms with van der Waals surface area (Å²) in [5.41, 5.74) is 5.26. The van der Waals surface area contributed by atoms with Crippen molar-refractivity contribution in [3.05, 3.63) is 93.8 Å². The summed E-state index contributed by atoms with van der Waals surface area (Å²) < 4.78 is 5.27. The van der Waals surface area contributed by atoms with E-state index in [1.54, 1.807) is 25.1 Å². The van der Waals surface area contributed by atoms with Gasteiger partial charge in [0.25, 0.3) is 0 Å². The molecule has 2 aromatic carbocycles. The number of nitrogens with zero attached hydrogens (tertiary/aromatic N) is 2. The maximum atomic E-state index is 12.6. The van der Waals surface area contributed by atoms with Crippen LogP contribution in [0.2, 0.25) is 0 Å². The number of nitriles is 2. The molecule has 0 bridgehead atoms. The molecular formula is C23H19N3O2. The van der Waals surface area contributed by atoms with Gasteiger partial charge in [0.1, 0.15) is 0 Å². The van der Waals surface area contributed by atoms with Crippen LogP contribution in [-0.2, 0) is 17.6 Å². The lowest BCUT2D eigenvalue weighted by Gasteiger charge is -2.08. The van der Waals surface area contributed by atoms with Crippen molar-refractivity contribution >= 4 is 5.97 Å². The number of ether oxygens (including phenoxy) is 1. The van der Waals surface area contributed by atoms with Crippen LogP contribution in [0.5, 0.6) is 0 Å². The second-order valence-electron chi connectivity index (χ2n) is 6.36. The fraction of sp³-hybridized carbons (Fsp3) is 0.174. The van der Waals surface area contributed by atoms with Crippen LogP contribution < -0.4 is 0 Å². The summed E-state index contributed by atoms with van der Waals surface area (Å²) in [7, 11) is 0. The van der Waals surface area contributed by atoms with Crippen molar-refractivity contribution in [1.82, 2.24) is 4.98 Å². The quantitative estimate of drug-likeness (QED) is 0.662. The number of hydrogen-bond donors (Lipinski definition) is 1. The van der Waals surface area contributed by atoms with Crippen LogP contribution in [0.3, 0.4) is 0 Å². The van der Waals surface area contributed by atoms with E-state index in [9.17, 15) is 4.79 Å². The number of esters is 1. The van der Waals surface area contributed by atoms with Gasteiger partial charge in [0, 0.05) is 18.3 Å². The van der Waals surface area contributed by atoms with Crippen molar-refractivity contribution in [2.45, 2.75) is 19.8 Å². The lowest BCUT2D eigenvalue weighted by Crippen LogP contribution is -2.10. The number of hydrogen-bond acceptors (Lipinski definition) is 4. The Morgan fingerprint density at radius 3 is 2.43 bits per heavy atom. The Balaban J connectivity index is 1.93. The number of carbonyl (C=O) groups is 1. The van der Waals surface area contributed by atoms with Crippen molar-refractivity contribution in [2.75, 3.05) is 6.61 Å². The van der Waals surface area contributed by atoms with Gasteiger partial charge in [0.15, 0.2) is 0 Å². The van der Waals surface area contributed by atoms with E-state index < -0.39 is 0 Å². The third kappa shape index (κ3) is 4.28. The molecule has 3 aromatic rings. The van der Waals surface area contributed by atoms with Gasteiger partial charge in [-0.25, -0.2) is 4.79 Å². The average Bonchev–Trinajstić information content (AvgIpc) is 3.11. The van der Waals surface area contributed by atoms with Crippen LogP contribution in [0.25, 0.3) is 0 Å². The lowest BCUT2D eigenvalue weighted by atomic mass is 9.99. The standard InChI is InChI=1S/C23H19N3O2/c1-2-28-23(27)22-20(11-16-6-8-17(13-24)9-7-16)15-26-21(22)12-18-4-3-5-19(10-18)14-25/h3-10,15,26H,2,11-12H2,1H3. The van der Waals surface area contributed by atoms with Crippen molar-refractivity contribution < 1.29 is 9.53 Å². The van der Waals surface area contributed by atoms with Gasteiger partial charge in [-0.3, -0.25) is 0 Å². The van der Waals surface area contributed by atoms with Gasteiger partial charge in [0.2, 0.25) is 0 Å². The number of aromatic amines is 1. The lowest BCUT2D eigenvalue weighted by molar-refractivity contribution is 0.0524. The Morgan fingerprint density at radius 2 is 1.75 bits per heavy atom. The fourth-order valence-corrected chi connectivity index (χ4v) is 3.12. The van der Waals surface area contributed by atoms with Gasteiger partial charge in [-0.05, 0) is 54.3 Å². The third-order valence-electron chi connectivity index (χ3n) is 4.44. The zero-order chi connectivity index (χ0) is 19.9. The maximum Gasteiger partial charge on any atom is 0.340 e. The first kappa shape index (κ1) is 18.9. The highest BCUT2D eigenvalue weighted by molar-refractivity contribution is 5.92. The Hall–Kier alpha value is -3.83. The maximum absolute atomic E-state index is 12.6. The smallest absolute Gasteiger partial charge is 0.340 e. The first-order chi connectivity index (χ1) is 13.6. The van der Waals surface area contributed by atoms with E-state index in [-0.39, 0.29) is 5.97 Å². The molecule has 0 saturated heterocycles. The van der Waals surface area contributed by atoms with Gasteiger partial charge in [-0.1, -0.05) is 24.3 Å². The zero-order valence-corrected chi connectivity index (χ0v) is 15.5. The van der Waals surface area contributed by atoms with Crippen LogP contribution in [0.1, 0.15) is 50.8 Å². The van der Waals surface area contributed by atoms with Crippen LogP contribution in [0.15, 0.2) is 54.7 Å². The Morgan fingerprint density at radius 1 is 1.00 bits per heavy atom. The molecule has 0 spiro atoms. The molecule has 0 fully saturated rings. The van der Waals surface area contributed by atoms with Crippen molar-refractivity contribution in [2.24, 2.45) is 0 Å². The molecule has 3 rings (SSSR count). The van der Waals surface area contributed by atoms with Crippen LogP contribution >= 0.6 is 0 Å². The molecule has 5 nitrogen and oxygen atoms in total. The molecule has 28 heavy (non-hydrogen) atoms. The number of rotatable bonds is 6. The van der Waals surface area contributed by atoms with Gasteiger partial charge < -0.3 is 9.72 Å². The summed E-state index contributed by atoms with van der Waals surface area (Å²) in [5, 5.41) is 18.0.